The van der Waals surface area contributed by atoms with Crippen LogP contribution in [0.4, 0.5) is 0 Å². The van der Waals surface area contributed by atoms with Gasteiger partial charge in [0.15, 0.2) is 5.76 Å². The average Bonchev–Trinajstić information content (AvgIpc) is 3.03. The van der Waals surface area contributed by atoms with Crippen LogP contribution in [-0.4, -0.2) is 38.9 Å². The van der Waals surface area contributed by atoms with Gasteiger partial charge in [0, 0.05) is 25.7 Å². The molecule has 26 heavy (non-hydrogen) atoms. The second-order valence-corrected chi connectivity index (χ2v) is 7.92. The Labute approximate surface area is 153 Å². The molecule has 0 spiro atoms. The fraction of sp³-hybridized carbons (Fsp3) is 0.389. The number of benzene rings is 1. The van der Waals surface area contributed by atoms with Crippen LogP contribution in [0.15, 0.2) is 39.6 Å². The van der Waals surface area contributed by atoms with Gasteiger partial charge < -0.3 is 14.6 Å². The summed E-state index contributed by atoms with van der Waals surface area (Å²) in [4.78, 5) is 14.5. The summed E-state index contributed by atoms with van der Waals surface area (Å²) in [6, 6.07) is 9.24. The Kier molecular flexibility index (Phi) is 5.17. The predicted octanol–water partition coefficient (Wildman–Crippen LogP) is 1.58. The van der Waals surface area contributed by atoms with Crippen molar-refractivity contribution in [3.05, 3.63) is 53.0 Å². The zero-order chi connectivity index (χ0) is 18.9. The lowest BCUT2D eigenvalue weighted by molar-refractivity contribution is 0.0600. The van der Waals surface area contributed by atoms with Crippen LogP contribution in [0, 0.1) is 6.92 Å². The van der Waals surface area contributed by atoms with E-state index < -0.39 is 10.0 Å². The number of hydrogen-bond acceptors (Lipinski definition) is 5. The third kappa shape index (κ3) is 3.67. The molecule has 2 heterocycles. The van der Waals surface area contributed by atoms with Gasteiger partial charge in [0.1, 0.15) is 10.7 Å². The molecule has 1 amide bonds. The van der Waals surface area contributed by atoms with E-state index in [1.54, 1.807) is 4.90 Å². The average molecular weight is 377 g/mol. The van der Waals surface area contributed by atoms with E-state index in [1.807, 2.05) is 12.1 Å². The predicted molar refractivity (Wildman–Crippen MR) is 97.3 cm³/mol. The van der Waals surface area contributed by atoms with Crippen LogP contribution in [0.1, 0.15) is 40.4 Å². The Morgan fingerprint density at radius 2 is 2.04 bits per heavy atom. The maximum absolute atomic E-state index is 13.0. The molecule has 1 saturated heterocycles. The lowest BCUT2D eigenvalue weighted by Crippen LogP contribution is -2.48. The van der Waals surface area contributed by atoms with Crippen molar-refractivity contribution in [2.24, 2.45) is 5.14 Å². The number of nitrogens with zero attached hydrogens (tertiary/aromatic N) is 1. The smallest absolute Gasteiger partial charge is 0.290 e. The molecule has 1 unspecified atom stereocenters. The van der Waals surface area contributed by atoms with Gasteiger partial charge in [-0.3, -0.25) is 4.79 Å². The van der Waals surface area contributed by atoms with Crippen LogP contribution in [-0.2, 0) is 16.4 Å². The molecule has 1 aliphatic heterocycles. The van der Waals surface area contributed by atoms with Crippen LogP contribution in [0.2, 0.25) is 0 Å². The summed E-state index contributed by atoms with van der Waals surface area (Å²) in [5.74, 6) is -0.229. The number of furan rings is 1. The first-order valence-corrected chi connectivity index (χ1v) is 10.1. The van der Waals surface area contributed by atoms with Crippen LogP contribution < -0.4 is 10.5 Å². The Morgan fingerprint density at radius 1 is 1.35 bits per heavy atom. The first-order valence-electron chi connectivity index (χ1n) is 8.55. The Morgan fingerprint density at radius 3 is 2.62 bits per heavy atom. The van der Waals surface area contributed by atoms with Crippen LogP contribution >= 0.6 is 0 Å². The number of carbonyl (C=O) groups is 1. The molecular weight excluding hydrogens is 354 g/mol. The molecule has 1 aliphatic rings. The Balaban J connectivity index is 1.91. The molecule has 3 N–H and O–H groups in total. The van der Waals surface area contributed by atoms with Crippen molar-refractivity contribution in [1.29, 1.82) is 0 Å². The van der Waals surface area contributed by atoms with Gasteiger partial charge in [-0.2, -0.15) is 0 Å². The number of nitrogens with two attached hydrogens (primary N) is 1. The molecule has 8 heteroatoms. The van der Waals surface area contributed by atoms with Gasteiger partial charge in [0.05, 0.1) is 6.04 Å². The largest absolute Gasteiger partial charge is 0.455 e. The first-order chi connectivity index (χ1) is 12.3. The van der Waals surface area contributed by atoms with Crippen molar-refractivity contribution in [3.8, 4) is 0 Å². The van der Waals surface area contributed by atoms with Crippen molar-refractivity contribution in [2.45, 2.75) is 31.2 Å². The Bertz CT molecular complexity index is 903. The fourth-order valence-corrected chi connectivity index (χ4v) is 3.93. The second kappa shape index (κ2) is 7.22. The van der Waals surface area contributed by atoms with E-state index in [1.165, 1.54) is 18.6 Å². The molecule has 140 valence electrons. The van der Waals surface area contributed by atoms with Gasteiger partial charge >= 0.3 is 0 Å². The van der Waals surface area contributed by atoms with E-state index in [0.717, 1.165) is 12.0 Å². The quantitative estimate of drug-likeness (QED) is 0.842. The van der Waals surface area contributed by atoms with E-state index in [9.17, 15) is 13.2 Å². The summed E-state index contributed by atoms with van der Waals surface area (Å²) in [7, 11) is -3.93. The van der Waals surface area contributed by atoms with Gasteiger partial charge in [-0.25, -0.2) is 13.6 Å². The number of carbonyl (C=O) groups excluding carboxylic acids is 1. The highest BCUT2D eigenvalue weighted by molar-refractivity contribution is 7.89. The van der Waals surface area contributed by atoms with E-state index >= 15 is 0 Å². The molecule has 1 fully saturated rings. The monoisotopic (exact) mass is 377 g/mol. The van der Waals surface area contributed by atoms with Crippen LogP contribution in [0.25, 0.3) is 0 Å². The molecule has 7 nitrogen and oxygen atoms in total. The summed E-state index contributed by atoms with van der Waals surface area (Å²) >= 11 is 0. The van der Waals surface area contributed by atoms with E-state index in [4.69, 9.17) is 9.56 Å². The molecule has 0 bridgehead atoms. The zero-order valence-electron chi connectivity index (χ0n) is 14.9. The minimum atomic E-state index is -3.93. The minimum Gasteiger partial charge on any atom is -0.455 e. The summed E-state index contributed by atoms with van der Waals surface area (Å²) in [6.07, 6.45) is 0.952. The molecule has 0 radical (unpaired) electrons. The number of aryl methyl sites for hydroxylation is 2. The van der Waals surface area contributed by atoms with E-state index in [-0.39, 0.29) is 28.4 Å². The molecule has 1 aromatic heterocycles. The normalized spacial score (nSPS) is 18.1. The lowest BCUT2D eigenvalue weighted by atomic mass is 10.0. The third-order valence-corrected chi connectivity index (χ3v) is 5.68. The maximum atomic E-state index is 13.0. The van der Waals surface area contributed by atoms with Gasteiger partial charge in [-0.1, -0.05) is 31.2 Å². The van der Waals surface area contributed by atoms with Crippen LogP contribution in [0.3, 0.4) is 0 Å². The van der Waals surface area contributed by atoms with E-state index in [0.29, 0.717) is 19.6 Å². The third-order valence-electron chi connectivity index (χ3n) is 4.67. The topological polar surface area (TPSA) is 106 Å². The van der Waals surface area contributed by atoms with Crippen molar-refractivity contribution in [3.63, 3.8) is 0 Å². The fourth-order valence-electron chi connectivity index (χ4n) is 3.22. The molecule has 0 saturated carbocycles. The standard InChI is InChI=1S/C18H23N3O4S/c1-3-13-4-6-14(7-5-13)15-11-20-8-9-21(15)18(22)16-10-17(12(2)25-16)26(19,23)24/h4-7,10,15,20H,3,8-9,11H2,1-2H3,(H2,19,23,24). The number of sulfonamides is 1. The summed E-state index contributed by atoms with van der Waals surface area (Å²) < 4.78 is 28.6. The Hall–Kier alpha value is -2.16. The van der Waals surface area contributed by atoms with Crippen molar-refractivity contribution in [1.82, 2.24) is 10.2 Å². The maximum Gasteiger partial charge on any atom is 0.290 e. The summed E-state index contributed by atoms with van der Waals surface area (Å²) in [5.41, 5.74) is 2.26. The van der Waals surface area contributed by atoms with Crippen molar-refractivity contribution < 1.29 is 17.6 Å². The van der Waals surface area contributed by atoms with Gasteiger partial charge in [-0.05, 0) is 24.5 Å². The number of amides is 1. The minimum absolute atomic E-state index is 0.0106. The van der Waals surface area contributed by atoms with Crippen molar-refractivity contribution >= 4 is 15.9 Å². The van der Waals surface area contributed by atoms with E-state index in [2.05, 4.69) is 24.4 Å². The number of rotatable bonds is 4. The second-order valence-electron chi connectivity index (χ2n) is 6.39. The summed E-state index contributed by atoms with van der Waals surface area (Å²) in [6.45, 7) is 5.37. The first kappa shape index (κ1) is 18.6. The molecule has 1 atom stereocenters. The SMILES string of the molecule is CCc1ccc(C2CNCCN2C(=O)c2cc(S(N)(=O)=O)c(C)o2)cc1. The molecule has 1 aromatic carbocycles. The molecule has 2 aromatic rings. The number of hydrogen-bond donors (Lipinski definition) is 2. The van der Waals surface area contributed by atoms with Gasteiger partial charge in [0.2, 0.25) is 10.0 Å². The number of piperazine rings is 1. The number of primary sulfonamides is 1. The van der Waals surface area contributed by atoms with Gasteiger partial charge in [0.25, 0.3) is 5.91 Å². The molecule has 0 aliphatic carbocycles. The highest BCUT2D eigenvalue weighted by atomic mass is 32.2. The highest BCUT2D eigenvalue weighted by Crippen LogP contribution is 2.27. The van der Waals surface area contributed by atoms with Crippen molar-refractivity contribution in [2.75, 3.05) is 19.6 Å². The van der Waals surface area contributed by atoms with Crippen LogP contribution in [0.5, 0.6) is 0 Å². The highest BCUT2D eigenvalue weighted by Gasteiger charge is 2.31. The number of nitrogens with one attached hydrogen (secondary N) is 1. The molecular formula is C18H23N3O4S. The van der Waals surface area contributed by atoms with Gasteiger partial charge in [-0.15, -0.1) is 0 Å². The lowest BCUT2D eigenvalue weighted by Gasteiger charge is -2.36. The summed E-state index contributed by atoms with van der Waals surface area (Å²) in [5, 5.41) is 8.47. The zero-order valence-corrected chi connectivity index (χ0v) is 15.7. The molecule has 3 rings (SSSR count).